The lowest BCUT2D eigenvalue weighted by Gasteiger charge is -2.02. The van der Waals surface area contributed by atoms with Gasteiger partial charge in [0.25, 0.3) is 0 Å². The van der Waals surface area contributed by atoms with Gasteiger partial charge in [0.2, 0.25) is 0 Å². The van der Waals surface area contributed by atoms with Gasteiger partial charge in [0, 0.05) is 11.4 Å². The van der Waals surface area contributed by atoms with Crippen LogP contribution in [0.4, 0.5) is 0 Å². The average Bonchev–Trinajstić information content (AvgIpc) is 3.04. The van der Waals surface area contributed by atoms with Crippen LogP contribution in [0.3, 0.4) is 0 Å². The van der Waals surface area contributed by atoms with E-state index in [1.54, 1.807) is 0 Å². The number of hydrogen-bond donors (Lipinski definition) is 1. The molecule has 3 rings (SSSR count). The molecular formula is C15H19NO. The van der Waals surface area contributed by atoms with Gasteiger partial charge in [-0.15, -0.1) is 0 Å². The van der Waals surface area contributed by atoms with Crippen LogP contribution in [0.25, 0.3) is 11.0 Å². The van der Waals surface area contributed by atoms with Gasteiger partial charge in [0.15, 0.2) is 0 Å². The van der Waals surface area contributed by atoms with Crippen molar-refractivity contribution in [3.63, 3.8) is 0 Å². The van der Waals surface area contributed by atoms with Crippen LogP contribution in [0.15, 0.2) is 22.8 Å². The van der Waals surface area contributed by atoms with Crippen LogP contribution in [0.2, 0.25) is 0 Å². The number of benzene rings is 1. The van der Waals surface area contributed by atoms with Gasteiger partial charge in [-0.05, 0) is 56.3 Å². The smallest absolute Gasteiger partial charge is 0.137 e. The Morgan fingerprint density at radius 1 is 1.29 bits per heavy atom. The molecule has 17 heavy (non-hydrogen) atoms. The molecule has 0 atom stereocenters. The Morgan fingerprint density at radius 3 is 2.88 bits per heavy atom. The van der Waals surface area contributed by atoms with Gasteiger partial charge in [0.05, 0.1) is 6.26 Å². The second kappa shape index (κ2) is 4.19. The molecule has 2 aromatic rings. The number of furan rings is 1. The first-order valence-electron chi connectivity index (χ1n) is 6.45. The fourth-order valence-corrected chi connectivity index (χ4v) is 2.28. The highest BCUT2D eigenvalue weighted by Gasteiger charge is 2.20. The van der Waals surface area contributed by atoms with Crippen molar-refractivity contribution in [3.8, 4) is 0 Å². The number of hydrogen-bond acceptors (Lipinski definition) is 2. The minimum absolute atomic E-state index is 0.789. The number of rotatable bonds is 4. The molecule has 1 aliphatic carbocycles. The molecule has 2 heteroatoms. The van der Waals surface area contributed by atoms with E-state index in [1.165, 1.54) is 34.9 Å². The van der Waals surface area contributed by atoms with E-state index in [2.05, 4.69) is 31.3 Å². The Balaban J connectivity index is 1.81. The third-order valence-electron chi connectivity index (χ3n) is 3.75. The maximum Gasteiger partial charge on any atom is 0.137 e. The van der Waals surface area contributed by atoms with Crippen molar-refractivity contribution in [1.29, 1.82) is 0 Å². The summed E-state index contributed by atoms with van der Waals surface area (Å²) in [6.45, 7) is 5.32. The second-order valence-corrected chi connectivity index (χ2v) is 5.12. The Bertz CT molecular complexity index is 537. The van der Waals surface area contributed by atoms with E-state index in [1.807, 2.05) is 6.26 Å². The van der Waals surface area contributed by atoms with Crippen LogP contribution < -0.4 is 5.32 Å². The average molecular weight is 229 g/mol. The monoisotopic (exact) mass is 229 g/mol. The van der Waals surface area contributed by atoms with E-state index in [0.717, 1.165) is 24.6 Å². The molecule has 0 bridgehead atoms. The van der Waals surface area contributed by atoms with Gasteiger partial charge < -0.3 is 9.73 Å². The predicted octanol–water partition coefficient (Wildman–Crippen LogP) is 3.34. The fourth-order valence-electron chi connectivity index (χ4n) is 2.28. The molecule has 2 nitrogen and oxygen atoms in total. The van der Waals surface area contributed by atoms with Crippen LogP contribution >= 0.6 is 0 Å². The van der Waals surface area contributed by atoms with Gasteiger partial charge in [0.1, 0.15) is 5.58 Å². The van der Waals surface area contributed by atoms with Crippen LogP contribution in [0.5, 0.6) is 0 Å². The predicted molar refractivity (Wildman–Crippen MR) is 70.4 cm³/mol. The minimum Gasteiger partial charge on any atom is -0.464 e. The first-order valence-corrected chi connectivity index (χ1v) is 6.45. The van der Waals surface area contributed by atoms with E-state index < -0.39 is 0 Å². The quantitative estimate of drug-likeness (QED) is 0.869. The normalized spacial score (nSPS) is 15.6. The van der Waals surface area contributed by atoms with E-state index >= 15 is 0 Å². The molecule has 90 valence electrons. The first-order chi connectivity index (χ1) is 8.25. The zero-order valence-corrected chi connectivity index (χ0v) is 10.5. The van der Waals surface area contributed by atoms with Crippen molar-refractivity contribution in [2.75, 3.05) is 6.54 Å². The highest BCUT2D eigenvalue weighted by Crippen LogP contribution is 2.26. The highest BCUT2D eigenvalue weighted by atomic mass is 16.3. The van der Waals surface area contributed by atoms with Gasteiger partial charge >= 0.3 is 0 Å². The topological polar surface area (TPSA) is 25.2 Å². The molecule has 0 aliphatic heterocycles. The SMILES string of the molecule is Cc1ccc2c(CCNC3CC3)coc2c1C. The van der Waals surface area contributed by atoms with Crippen LogP contribution in [-0.4, -0.2) is 12.6 Å². The van der Waals surface area contributed by atoms with E-state index in [0.29, 0.717) is 0 Å². The lowest BCUT2D eigenvalue weighted by atomic mass is 10.0. The molecule has 0 saturated heterocycles. The summed E-state index contributed by atoms with van der Waals surface area (Å²) in [6.07, 6.45) is 5.69. The summed E-state index contributed by atoms with van der Waals surface area (Å²) in [5, 5.41) is 4.83. The van der Waals surface area contributed by atoms with Crippen molar-refractivity contribution in [1.82, 2.24) is 5.32 Å². The number of fused-ring (bicyclic) bond motifs is 1. The summed E-state index contributed by atoms with van der Waals surface area (Å²) in [7, 11) is 0. The molecule has 0 spiro atoms. The number of aryl methyl sites for hydroxylation is 2. The Hall–Kier alpha value is -1.28. The zero-order valence-electron chi connectivity index (χ0n) is 10.5. The highest BCUT2D eigenvalue weighted by molar-refractivity contribution is 5.84. The molecule has 1 saturated carbocycles. The molecule has 0 amide bonds. The van der Waals surface area contributed by atoms with Crippen molar-refractivity contribution in [2.24, 2.45) is 0 Å². The van der Waals surface area contributed by atoms with Crippen molar-refractivity contribution in [2.45, 2.75) is 39.2 Å². The molecule has 1 aromatic carbocycles. The molecule has 1 fully saturated rings. The number of nitrogens with one attached hydrogen (secondary N) is 1. The third kappa shape index (κ3) is 2.09. The van der Waals surface area contributed by atoms with Gasteiger partial charge in [-0.25, -0.2) is 0 Å². The Morgan fingerprint density at radius 2 is 2.12 bits per heavy atom. The van der Waals surface area contributed by atoms with Crippen LogP contribution in [0, 0.1) is 13.8 Å². The molecule has 1 aliphatic rings. The van der Waals surface area contributed by atoms with Gasteiger partial charge in [-0.2, -0.15) is 0 Å². The van der Waals surface area contributed by atoms with Crippen molar-refractivity contribution >= 4 is 11.0 Å². The standard InChI is InChI=1S/C15H19NO/c1-10-3-6-14-12(7-8-16-13-4-5-13)9-17-15(14)11(10)2/h3,6,9,13,16H,4-5,7-8H2,1-2H3. The zero-order chi connectivity index (χ0) is 11.8. The molecule has 1 N–H and O–H groups in total. The molecule has 0 unspecified atom stereocenters. The van der Waals surface area contributed by atoms with E-state index in [-0.39, 0.29) is 0 Å². The Kier molecular flexibility index (Phi) is 2.67. The van der Waals surface area contributed by atoms with Crippen LogP contribution in [0.1, 0.15) is 29.5 Å². The Labute approximate surface area is 102 Å². The maximum absolute atomic E-state index is 5.71. The van der Waals surface area contributed by atoms with E-state index in [4.69, 9.17) is 4.42 Å². The maximum atomic E-state index is 5.71. The molecule has 0 radical (unpaired) electrons. The molecule has 1 heterocycles. The summed E-state index contributed by atoms with van der Waals surface area (Å²) >= 11 is 0. The lowest BCUT2D eigenvalue weighted by Crippen LogP contribution is -2.19. The van der Waals surface area contributed by atoms with Gasteiger partial charge in [-0.3, -0.25) is 0 Å². The summed E-state index contributed by atoms with van der Waals surface area (Å²) in [5.41, 5.74) is 4.96. The van der Waals surface area contributed by atoms with Crippen molar-refractivity contribution < 1.29 is 4.42 Å². The van der Waals surface area contributed by atoms with Gasteiger partial charge in [-0.1, -0.05) is 12.1 Å². The lowest BCUT2D eigenvalue weighted by molar-refractivity contribution is 0.603. The second-order valence-electron chi connectivity index (χ2n) is 5.12. The molecular weight excluding hydrogens is 210 g/mol. The fraction of sp³-hybridized carbons (Fsp3) is 0.467. The van der Waals surface area contributed by atoms with Crippen molar-refractivity contribution in [3.05, 3.63) is 35.1 Å². The van der Waals surface area contributed by atoms with Crippen LogP contribution in [-0.2, 0) is 6.42 Å². The largest absolute Gasteiger partial charge is 0.464 e. The summed E-state index contributed by atoms with van der Waals surface area (Å²) in [4.78, 5) is 0. The minimum atomic E-state index is 0.789. The summed E-state index contributed by atoms with van der Waals surface area (Å²) in [5.74, 6) is 0. The van der Waals surface area contributed by atoms with E-state index in [9.17, 15) is 0 Å². The summed E-state index contributed by atoms with van der Waals surface area (Å²) in [6, 6.07) is 5.16. The molecule has 1 aromatic heterocycles. The first kappa shape index (κ1) is 10.8. The third-order valence-corrected chi connectivity index (χ3v) is 3.75. The summed E-state index contributed by atoms with van der Waals surface area (Å²) < 4.78 is 5.71.